The molecule has 100 valence electrons. The molecule has 0 spiro atoms. The summed E-state index contributed by atoms with van der Waals surface area (Å²) in [5, 5.41) is 3.18. The maximum Gasteiger partial charge on any atom is 0.183 e. The number of nitrogens with zero attached hydrogens (tertiary/aromatic N) is 1. The number of ether oxygens (including phenoxy) is 2. The van der Waals surface area contributed by atoms with Gasteiger partial charge < -0.3 is 14.8 Å². The summed E-state index contributed by atoms with van der Waals surface area (Å²) in [7, 11) is 2.24. The molecule has 1 atom stereocenters. The van der Waals surface area contributed by atoms with Crippen LogP contribution in [0, 0.1) is 5.92 Å². The first kappa shape index (κ1) is 13.3. The lowest BCUT2D eigenvalue weighted by Crippen LogP contribution is -2.44. The van der Waals surface area contributed by atoms with Crippen LogP contribution in [0.25, 0.3) is 0 Å². The van der Waals surface area contributed by atoms with Gasteiger partial charge in [0.15, 0.2) is 11.5 Å². The molecule has 2 rings (SSSR count). The van der Waals surface area contributed by atoms with E-state index >= 15 is 0 Å². The lowest BCUT2D eigenvalue weighted by Gasteiger charge is -2.26. The highest BCUT2D eigenvalue weighted by Crippen LogP contribution is 2.29. The van der Waals surface area contributed by atoms with Crippen LogP contribution in [0.5, 0.6) is 11.5 Å². The quantitative estimate of drug-likeness (QED) is 0.819. The van der Waals surface area contributed by atoms with E-state index in [-0.39, 0.29) is 0 Å². The van der Waals surface area contributed by atoms with E-state index in [1.54, 1.807) is 26.5 Å². The van der Waals surface area contributed by atoms with Gasteiger partial charge in [-0.15, -0.1) is 0 Å². The first-order chi connectivity index (χ1) is 8.74. The molecule has 1 aliphatic rings. The van der Waals surface area contributed by atoms with Gasteiger partial charge in [0.05, 0.1) is 25.7 Å². The van der Waals surface area contributed by atoms with E-state index in [1.807, 2.05) is 0 Å². The van der Waals surface area contributed by atoms with Crippen LogP contribution in [-0.2, 0) is 16.6 Å². The van der Waals surface area contributed by atoms with Crippen LogP contribution in [0.3, 0.4) is 0 Å². The van der Waals surface area contributed by atoms with Crippen molar-refractivity contribution in [2.75, 3.05) is 33.1 Å². The highest BCUT2D eigenvalue weighted by molar-refractivity contribution is 7.84. The minimum absolute atomic E-state index is 0.414. The lowest BCUT2D eigenvalue weighted by molar-refractivity contribution is 0.350. The molecular formula is C12H18N2O3S. The molecule has 0 bridgehead atoms. The van der Waals surface area contributed by atoms with Gasteiger partial charge in [0.25, 0.3) is 0 Å². The second-order valence-corrected chi connectivity index (χ2v) is 5.77. The smallest absolute Gasteiger partial charge is 0.183 e. The van der Waals surface area contributed by atoms with Crippen LogP contribution >= 0.6 is 0 Å². The van der Waals surface area contributed by atoms with Crippen LogP contribution in [-0.4, -0.2) is 42.3 Å². The molecule has 1 aliphatic heterocycles. The third-order valence-corrected chi connectivity index (χ3v) is 4.39. The zero-order valence-electron chi connectivity index (χ0n) is 10.6. The Morgan fingerprint density at radius 3 is 2.78 bits per heavy atom. The van der Waals surface area contributed by atoms with Crippen molar-refractivity contribution in [2.45, 2.75) is 5.75 Å². The average molecular weight is 270 g/mol. The molecule has 6 heteroatoms. The largest absolute Gasteiger partial charge is 0.493 e. The Bertz CT molecular complexity index is 435. The van der Waals surface area contributed by atoms with Crippen molar-refractivity contribution in [2.24, 2.45) is 5.92 Å². The predicted molar refractivity (Wildman–Crippen MR) is 70.4 cm³/mol. The summed E-state index contributed by atoms with van der Waals surface area (Å²) in [5.41, 5.74) is 0.697. The van der Waals surface area contributed by atoms with Gasteiger partial charge in [-0.1, -0.05) is 0 Å². The van der Waals surface area contributed by atoms with Crippen molar-refractivity contribution >= 4 is 10.8 Å². The molecule has 1 saturated heterocycles. The average Bonchev–Trinajstić information content (AvgIpc) is 2.33. The summed E-state index contributed by atoms with van der Waals surface area (Å²) >= 11 is 0. The number of nitrogens with one attached hydrogen (secondary N) is 1. The Kier molecular flexibility index (Phi) is 4.54. The molecule has 1 aromatic rings. The van der Waals surface area contributed by atoms with Gasteiger partial charge in [-0.2, -0.15) is 0 Å². The molecule has 18 heavy (non-hydrogen) atoms. The van der Waals surface area contributed by atoms with Crippen LogP contribution < -0.4 is 14.8 Å². The fraction of sp³-hybridized carbons (Fsp3) is 0.583. The van der Waals surface area contributed by atoms with Crippen LogP contribution in [0.1, 0.15) is 5.69 Å². The lowest BCUT2D eigenvalue weighted by atomic mass is 10.1. The molecule has 1 aromatic heterocycles. The topological polar surface area (TPSA) is 60.5 Å². The summed E-state index contributed by atoms with van der Waals surface area (Å²) in [4.78, 5) is 4.24. The van der Waals surface area contributed by atoms with Gasteiger partial charge in [0.2, 0.25) is 0 Å². The van der Waals surface area contributed by atoms with E-state index in [0.717, 1.165) is 18.8 Å². The SMILES string of the molecule is COc1ccnc(CS(=O)CC2CNC2)c1OC. The fourth-order valence-electron chi connectivity index (χ4n) is 1.89. The van der Waals surface area contributed by atoms with Crippen molar-refractivity contribution in [1.82, 2.24) is 10.3 Å². The third-order valence-electron chi connectivity index (χ3n) is 2.95. The minimum atomic E-state index is -0.910. The van der Waals surface area contributed by atoms with Crippen LogP contribution in [0.4, 0.5) is 0 Å². The highest BCUT2D eigenvalue weighted by atomic mass is 32.2. The second-order valence-electron chi connectivity index (χ2n) is 4.27. The molecule has 0 saturated carbocycles. The maximum atomic E-state index is 12.0. The highest BCUT2D eigenvalue weighted by Gasteiger charge is 2.21. The fourth-order valence-corrected chi connectivity index (χ4v) is 3.28. The Morgan fingerprint density at radius 1 is 1.44 bits per heavy atom. The molecule has 0 amide bonds. The van der Waals surface area contributed by atoms with E-state index in [2.05, 4.69) is 10.3 Å². The summed E-state index contributed by atoms with van der Waals surface area (Å²) in [6.07, 6.45) is 1.65. The van der Waals surface area contributed by atoms with Crippen molar-refractivity contribution in [3.8, 4) is 11.5 Å². The first-order valence-corrected chi connectivity index (χ1v) is 7.35. The molecular weight excluding hydrogens is 252 g/mol. The van der Waals surface area contributed by atoms with Crippen molar-refractivity contribution in [3.63, 3.8) is 0 Å². The van der Waals surface area contributed by atoms with Crippen LogP contribution in [0.15, 0.2) is 12.3 Å². The Hall–Kier alpha value is -1.14. The van der Waals surface area contributed by atoms with Crippen molar-refractivity contribution in [1.29, 1.82) is 0 Å². The Morgan fingerprint density at radius 2 is 2.22 bits per heavy atom. The monoisotopic (exact) mass is 270 g/mol. The predicted octanol–water partition coefficient (Wildman–Crippen LogP) is 0.567. The molecule has 0 radical (unpaired) electrons. The number of hydrogen-bond donors (Lipinski definition) is 1. The minimum Gasteiger partial charge on any atom is -0.493 e. The van der Waals surface area contributed by atoms with E-state index in [0.29, 0.717) is 28.9 Å². The number of hydrogen-bond acceptors (Lipinski definition) is 5. The van der Waals surface area contributed by atoms with Gasteiger partial charge in [-0.05, 0) is 5.92 Å². The first-order valence-electron chi connectivity index (χ1n) is 5.86. The number of rotatable bonds is 6. The van der Waals surface area contributed by atoms with E-state index in [1.165, 1.54) is 0 Å². The third kappa shape index (κ3) is 3.00. The molecule has 0 aliphatic carbocycles. The van der Waals surface area contributed by atoms with Gasteiger partial charge in [-0.25, -0.2) is 0 Å². The van der Waals surface area contributed by atoms with Crippen molar-refractivity contribution < 1.29 is 13.7 Å². The number of pyridine rings is 1. The van der Waals surface area contributed by atoms with Gasteiger partial charge in [0, 0.05) is 41.9 Å². The Labute approximate surface area is 109 Å². The van der Waals surface area contributed by atoms with Crippen molar-refractivity contribution in [3.05, 3.63) is 18.0 Å². The standard InChI is InChI=1S/C12H18N2O3S/c1-16-11-3-4-14-10(12(11)17-2)8-18(15)7-9-5-13-6-9/h3-4,9,13H,5-8H2,1-2H3. The summed E-state index contributed by atoms with van der Waals surface area (Å²) < 4.78 is 22.5. The van der Waals surface area contributed by atoms with E-state index in [9.17, 15) is 4.21 Å². The molecule has 0 aromatic carbocycles. The summed E-state index contributed by atoms with van der Waals surface area (Å²) in [6.45, 7) is 1.93. The van der Waals surface area contributed by atoms with E-state index < -0.39 is 10.8 Å². The van der Waals surface area contributed by atoms with Gasteiger partial charge in [-0.3, -0.25) is 9.19 Å². The molecule has 1 unspecified atom stereocenters. The molecule has 2 heterocycles. The Balaban J connectivity index is 2.05. The second kappa shape index (κ2) is 6.15. The van der Waals surface area contributed by atoms with Crippen LogP contribution in [0.2, 0.25) is 0 Å². The number of methoxy groups -OCH3 is 2. The maximum absolute atomic E-state index is 12.0. The normalized spacial score (nSPS) is 17.0. The number of aromatic nitrogens is 1. The molecule has 5 nitrogen and oxygen atoms in total. The zero-order valence-corrected chi connectivity index (χ0v) is 11.5. The van der Waals surface area contributed by atoms with E-state index in [4.69, 9.17) is 9.47 Å². The summed E-state index contributed by atoms with van der Waals surface area (Å²) in [6, 6.07) is 1.74. The molecule has 1 fully saturated rings. The van der Waals surface area contributed by atoms with Gasteiger partial charge >= 0.3 is 0 Å². The van der Waals surface area contributed by atoms with Gasteiger partial charge in [0.1, 0.15) is 0 Å². The zero-order chi connectivity index (χ0) is 13.0. The summed E-state index contributed by atoms with van der Waals surface area (Å²) in [5.74, 6) is 2.87. The molecule has 1 N–H and O–H groups in total.